The van der Waals surface area contributed by atoms with Crippen molar-refractivity contribution in [2.75, 3.05) is 16.8 Å². The Labute approximate surface area is 193 Å². The predicted molar refractivity (Wildman–Crippen MR) is 126 cm³/mol. The number of rotatable bonds is 10. The Kier molecular flexibility index (Phi) is 8.06. The largest absolute Gasteiger partial charge is 0.462 e. The number of ether oxygens (including phenoxy) is 1. The maximum Gasteiger partial charge on any atom is 0.338 e. The number of esters is 1. The van der Waals surface area contributed by atoms with Crippen LogP contribution in [-0.4, -0.2) is 24.4 Å². The van der Waals surface area contributed by atoms with Gasteiger partial charge in [-0.1, -0.05) is 56.5 Å². The number of hydrogen-bond acceptors (Lipinski definition) is 5. The molecule has 0 bridgehead atoms. The molecule has 0 aromatic heterocycles. The Hall–Kier alpha value is -3.12. The van der Waals surface area contributed by atoms with Gasteiger partial charge in [-0.15, -0.1) is 0 Å². The van der Waals surface area contributed by atoms with Crippen LogP contribution in [0.1, 0.15) is 55.5 Å². The molecule has 0 aliphatic carbocycles. The van der Waals surface area contributed by atoms with E-state index in [1.165, 1.54) is 0 Å². The highest BCUT2D eigenvalue weighted by Crippen LogP contribution is 2.30. The van der Waals surface area contributed by atoms with E-state index in [4.69, 9.17) is 16.3 Å². The number of carbonyl (C=O) groups excluding carboxylic acids is 3. The summed E-state index contributed by atoms with van der Waals surface area (Å²) < 4.78 is 5.23. The van der Waals surface area contributed by atoms with Crippen LogP contribution in [0.5, 0.6) is 0 Å². The maximum absolute atomic E-state index is 13.0. The Morgan fingerprint density at radius 3 is 2.41 bits per heavy atom. The van der Waals surface area contributed by atoms with Crippen molar-refractivity contribution in [1.82, 2.24) is 0 Å². The van der Waals surface area contributed by atoms with E-state index in [2.05, 4.69) is 12.2 Å². The second-order valence-corrected chi connectivity index (χ2v) is 7.98. The number of carbonyl (C=O) groups is 3. The summed E-state index contributed by atoms with van der Waals surface area (Å²) in [6.45, 7) is 4.49. The van der Waals surface area contributed by atoms with E-state index >= 15 is 0 Å². The molecule has 0 atom stereocenters. The van der Waals surface area contributed by atoms with Gasteiger partial charge in [0, 0.05) is 5.69 Å². The van der Waals surface area contributed by atoms with Crippen LogP contribution in [0.4, 0.5) is 11.4 Å². The Morgan fingerprint density at radius 1 is 1.00 bits per heavy atom. The zero-order valence-corrected chi connectivity index (χ0v) is 19.1. The average molecular weight is 455 g/mol. The smallest absolute Gasteiger partial charge is 0.338 e. The molecule has 32 heavy (non-hydrogen) atoms. The molecule has 6 nitrogen and oxygen atoms in total. The molecule has 0 unspecified atom stereocenters. The fourth-order valence-corrected chi connectivity index (χ4v) is 3.51. The summed E-state index contributed by atoms with van der Waals surface area (Å²) in [6, 6.07) is 13.9. The lowest BCUT2D eigenvalue weighted by Crippen LogP contribution is -2.32. The quantitative estimate of drug-likeness (QED) is 0.294. The summed E-state index contributed by atoms with van der Waals surface area (Å²) in [5, 5.41) is 2.71. The number of amides is 2. The first-order valence-electron chi connectivity index (χ1n) is 10.9. The number of benzene rings is 2. The second kappa shape index (κ2) is 11.0. The summed E-state index contributed by atoms with van der Waals surface area (Å²) in [5.41, 5.74) is 2.39. The van der Waals surface area contributed by atoms with E-state index in [-0.39, 0.29) is 10.7 Å². The third-order valence-electron chi connectivity index (χ3n) is 5.14. The van der Waals surface area contributed by atoms with Gasteiger partial charge in [-0.05, 0) is 55.2 Å². The number of halogens is 1. The number of imide groups is 1. The van der Waals surface area contributed by atoms with Crippen LogP contribution in [-0.2, 0) is 20.7 Å². The van der Waals surface area contributed by atoms with Crippen LogP contribution in [0.2, 0.25) is 0 Å². The first kappa shape index (κ1) is 23.5. The third-order valence-corrected chi connectivity index (χ3v) is 5.49. The SMILES string of the molecule is CCCCOC(=O)c1cccc(NC2=C(Cl)C(=O)N(c3ccc(CCCC)cc3)C2=O)c1. The third kappa shape index (κ3) is 5.37. The first-order chi connectivity index (χ1) is 15.5. The topological polar surface area (TPSA) is 75.7 Å². The van der Waals surface area contributed by atoms with Crippen LogP contribution in [0.15, 0.2) is 59.3 Å². The molecule has 3 rings (SSSR count). The molecule has 0 saturated carbocycles. The Bertz CT molecular complexity index is 1030. The molecule has 0 radical (unpaired) electrons. The van der Waals surface area contributed by atoms with Crippen molar-refractivity contribution in [3.05, 3.63) is 70.4 Å². The van der Waals surface area contributed by atoms with E-state index in [1.807, 2.05) is 19.1 Å². The van der Waals surface area contributed by atoms with Crippen molar-refractivity contribution >= 4 is 40.8 Å². The Balaban J connectivity index is 1.74. The van der Waals surface area contributed by atoms with Gasteiger partial charge in [0.05, 0.1) is 17.9 Å². The van der Waals surface area contributed by atoms with Crippen molar-refractivity contribution in [3.63, 3.8) is 0 Å². The van der Waals surface area contributed by atoms with Crippen molar-refractivity contribution < 1.29 is 19.1 Å². The summed E-state index contributed by atoms with van der Waals surface area (Å²) >= 11 is 6.22. The molecule has 0 saturated heterocycles. The van der Waals surface area contributed by atoms with E-state index in [0.29, 0.717) is 23.5 Å². The maximum atomic E-state index is 13.0. The highest BCUT2D eigenvalue weighted by Gasteiger charge is 2.39. The van der Waals surface area contributed by atoms with Gasteiger partial charge < -0.3 is 10.1 Å². The minimum atomic E-state index is -0.587. The summed E-state index contributed by atoms with van der Waals surface area (Å²) in [5.74, 6) is -1.58. The van der Waals surface area contributed by atoms with Gasteiger partial charge >= 0.3 is 5.97 Å². The summed E-state index contributed by atoms with van der Waals surface area (Å²) in [4.78, 5) is 38.9. The molecule has 7 heteroatoms. The molecule has 2 amide bonds. The van der Waals surface area contributed by atoms with Gasteiger partial charge in [-0.2, -0.15) is 0 Å². The van der Waals surface area contributed by atoms with Gasteiger partial charge in [-0.3, -0.25) is 9.59 Å². The zero-order valence-electron chi connectivity index (χ0n) is 18.3. The molecule has 0 spiro atoms. The molecule has 1 heterocycles. The fraction of sp³-hybridized carbons (Fsp3) is 0.320. The molecule has 1 aliphatic rings. The van der Waals surface area contributed by atoms with Gasteiger partial charge in [0.1, 0.15) is 10.7 Å². The highest BCUT2D eigenvalue weighted by molar-refractivity contribution is 6.53. The van der Waals surface area contributed by atoms with E-state index in [1.54, 1.807) is 36.4 Å². The van der Waals surface area contributed by atoms with Gasteiger partial charge in [0.2, 0.25) is 0 Å². The normalized spacial score (nSPS) is 13.7. The minimum absolute atomic E-state index is 0.0248. The lowest BCUT2D eigenvalue weighted by atomic mass is 10.1. The molecule has 2 aromatic carbocycles. The lowest BCUT2D eigenvalue weighted by Gasteiger charge is -2.16. The first-order valence-corrected chi connectivity index (χ1v) is 11.3. The van der Waals surface area contributed by atoms with Gasteiger partial charge in [-0.25, -0.2) is 9.69 Å². The highest BCUT2D eigenvalue weighted by atomic mass is 35.5. The standard InChI is InChI=1S/C25H27ClN2O4/c1-3-5-8-17-11-13-20(14-12-17)28-23(29)21(26)22(24(28)30)27-19-10-7-9-18(16-19)25(31)32-15-6-4-2/h7,9-14,16,27H,3-6,8,15H2,1-2H3. The van der Waals surface area contributed by atoms with Crippen LogP contribution >= 0.6 is 11.6 Å². The monoisotopic (exact) mass is 454 g/mol. The number of nitrogens with zero attached hydrogens (tertiary/aromatic N) is 1. The summed E-state index contributed by atoms with van der Waals surface area (Å²) in [6.07, 6.45) is 4.83. The number of anilines is 2. The van der Waals surface area contributed by atoms with Crippen molar-refractivity contribution in [3.8, 4) is 0 Å². The zero-order chi connectivity index (χ0) is 23.1. The van der Waals surface area contributed by atoms with Crippen molar-refractivity contribution in [2.45, 2.75) is 46.0 Å². The van der Waals surface area contributed by atoms with Crippen LogP contribution in [0, 0.1) is 0 Å². The molecular weight excluding hydrogens is 428 g/mol. The minimum Gasteiger partial charge on any atom is -0.462 e. The van der Waals surface area contributed by atoms with Gasteiger partial charge in [0.15, 0.2) is 0 Å². The summed E-state index contributed by atoms with van der Waals surface area (Å²) in [7, 11) is 0. The Morgan fingerprint density at radius 2 is 1.72 bits per heavy atom. The number of aryl methyl sites for hydroxylation is 1. The average Bonchev–Trinajstić information content (AvgIpc) is 3.01. The fourth-order valence-electron chi connectivity index (χ4n) is 3.30. The van der Waals surface area contributed by atoms with E-state index < -0.39 is 17.8 Å². The number of nitrogens with one attached hydrogen (secondary N) is 1. The lowest BCUT2D eigenvalue weighted by molar-refractivity contribution is -0.120. The number of hydrogen-bond donors (Lipinski definition) is 1. The van der Waals surface area contributed by atoms with Crippen LogP contribution in [0.25, 0.3) is 0 Å². The van der Waals surface area contributed by atoms with Gasteiger partial charge in [0.25, 0.3) is 11.8 Å². The molecule has 168 valence electrons. The van der Waals surface area contributed by atoms with Crippen LogP contribution in [0.3, 0.4) is 0 Å². The number of unbranched alkanes of at least 4 members (excludes halogenated alkanes) is 2. The van der Waals surface area contributed by atoms with Crippen LogP contribution < -0.4 is 10.2 Å². The molecule has 2 aromatic rings. The molecule has 1 N–H and O–H groups in total. The predicted octanol–water partition coefficient (Wildman–Crippen LogP) is 5.42. The molecule has 0 fully saturated rings. The van der Waals surface area contributed by atoms with E-state index in [9.17, 15) is 14.4 Å². The van der Waals surface area contributed by atoms with Crippen molar-refractivity contribution in [1.29, 1.82) is 0 Å². The van der Waals surface area contributed by atoms with E-state index in [0.717, 1.165) is 42.6 Å². The second-order valence-electron chi connectivity index (χ2n) is 7.60. The molecular formula is C25H27ClN2O4. The molecule has 1 aliphatic heterocycles. The van der Waals surface area contributed by atoms with Crippen molar-refractivity contribution in [2.24, 2.45) is 0 Å².